The average molecular weight is 580 g/mol. The Morgan fingerprint density at radius 1 is 1.12 bits per heavy atom. The van der Waals surface area contributed by atoms with Crippen LogP contribution in [0, 0.1) is 12.8 Å². The molecular weight excluding hydrogens is 542 g/mol. The summed E-state index contributed by atoms with van der Waals surface area (Å²) in [6, 6.07) is 11.0. The first-order valence-electron chi connectivity index (χ1n) is 14.1. The molecule has 0 aliphatic carbocycles. The van der Waals surface area contributed by atoms with Crippen LogP contribution in [0.3, 0.4) is 0 Å². The van der Waals surface area contributed by atoms with Gasteiger partial charge in [-0.3, -0.25) is 9.48 Å². The third kappa shape index (κ3) is 6.83. The second-order valence-electron chi connectivity index (χ2n) is 11.1. The van der Waals surface area contributed by atoms with Crippen LogP contribution in [0.2, 0.25) is 5.02 Å². The minimum Gasteiger partial charge on any atom is -0.351 e. The summed E-state index contributed by atoms with van der Waals surface area (Å²) in [4.78, 5) is 36.0. The summed E-state index contributed by atoms with van der Waals surface area (Å²) in [5.41, 5.74) is 4.75. The van der Waals surface area contributed by atoms with Crippen molar-refractivity contribution < 1.29 is 14.4 Å². The third-order valence-corrected chi connectivity index (χ3v) is 7.90. The summed E-state index contributed by atoms with van der Waals surface area (Å²) in [5.74, 6) is 1.37. The maximum Gasteiger partial charge on any atom is 0.426 e. The number of halogens is 1. The minimum absolute atomic E-state index is 0.137. The number of carbonyl (C=O) groups is 2. The van der Waals surface area contributed by atoms with Crippen LogP contribution in [-0.4, -0.2) is 64.5 Å². The average Bonchev–Trinajstić information content (AvgIpc) is 3.19. The van der Waals surface area contributed by atoms with E-state index in [-0.39, 0.29) is 5.91 Å². The van der Waals surface area contributed by atoms with E-state index < -0.39 is 6.09 Å². The highest BCUT2D eigenvalue weighted by Gasteiger charge is 2.27. The van der Waals surface area contributed by atoms with Crippen LogP contribution in [0.4, 0.5) is 22.0 Å². The maximum atomic E-state index is 13.8. The third-order valence-electron chi connectivity index (χ3n) is 7.67. The summed E-state index contributed by atoms with van der Waals surface area (Å²) in [6.07, 6.45) is 2.47. The number of nitrogens with one attached hydrogen (secondary N) is 2. The van der Waals surface area contributed by atoms with Gasteiger partial charge in [0.1, 0.15) is 5.82 Å². The van der Waals surface area contributed by atoms with Crippen molar-refractivity contribution in [2.45, 2.75) is 40.3 Å². The molecule has 1 fully saturated rings. The molecule has 2 aliphatic rings. The highest BCUT2D eigenvalue weighted by atomic mass is 35.5. The quantitative estimate of drug-likeness (QED) is 0.402. The molecule has 0 bridgehead atoms. The van der Waals surface area contributed by atoms with E-state index in [0.29, 0.717) is 42.7 Å². The molecule has 0 unspecified atom stereocenters. The van der Waals surface area contributed by atoms with Gasteiger partial charge in [-0.2, -0.15) is 5.10 Å². The van der Waals surface area contributed by atoms with Crippen LogP contribution in [0.15, 0.2) is 42.6 Å². The molecular formula is C30H38ClN7O3. The van der Waals surface area contributed by atoms with Crippen molar-refractivity contribution >= 4 is 40.8 Å². The number of carbonyl (C=O) groups excluding carboxylic acids is 2. The molecule has 10 nitrogen and oxygen atoms in total. The molecule has 3 heterocycles. The number of rotatable bonds is 7. The molecule has 41 heavy (non-hydrogen) atoms. The lowest BCUT2D eigenvalue weighted by molar-refractivity contribution is -0.123. The van der Waals surface area contributed by atoms with Gasteiger partial charge in [-0.15, -0.1) is 5.06 Å². The zero-order chi connectivity index (χ0) is 29.1. The number of benzene rings is 2. The molecule has 2 aliphatic heterocycles. The molecule has 11 heteroatoms. The Hall–Kier alpha value is -3.60. The number of fused-ring (bicyclic) bond motifs is 2. The van der Waals surface area contributed by atoms with Crippen molar-refractivity contribution in [3.8, 4) is 0 Å². The molecule has 1 aromatic heterocycles. The summed E-state index contributed by atoms with van der Waals surface area (Å²) in [6.45, 7) is 11.3. The number of aryl methyl sites for hydroxylation is 2. The molecule has 0 atom stereocenters. The fourth-order valence-corrected chi connectivity index (χ4v) is 5.33. The fraction of sp³-hybridized carbons (Fsp3) is 0.433. The SMILES string of the molecule is Cc1cc(C(=O)N2Cc3cnn(C)c3Nc3cc(Cl)ccc32)ccc1CNC(=O)ON1CCN(CCC(C)C)CC1. The lowest BCUT2D eigenvalue weighted by Crippen LogP contribution is -2.48. The largest absolute Gasteiger partial charge is 0.426 e. The van der Waals surface area contributed by atoms with Crippen LogP contribution in [0.5, 0.6) is 0 Å². The smallest absolute Gasteiger partial charge is 0.351 e. The monoisotopic (exact) mass is 579 g/mol. The number of hydrogen-bond donors (Lipinski definition) is 2. The second kappa shape index (κ2) is 12.5. The first-order chi connectivity index (χ1) is 19.7. The predicted molar refractivity (Wildman–Crippen MR) is 160 cm³/mol. The van der Waals surface area contributed by atoms with E-state index in [1.54, 1.807) is 33.0 Å². The van der Waals surface area contributed by atoms with Crippen LogP contribution in [-0.2, 0) is 25.0 Å². The molecule has 218 valence electrons. The van der Waals surface area contributed by atoms with E-state index in [4.69, 9.17) is 16.4 Å². The van der Waals surface area contributed by atoms with E-state index in [0.717, 1.165) is 53.5 Å². The van der Waals surface area contributed by atoms with Gasteiger partial charge in [0.2, 0.25) is 0 Å². The number of anilines is 3. The summed E-state index contributed by atoms with van der Waals surface area (Å²) in [5, 5.41) is 12.9. The highest BCUT2D eigenvalue weighted by molar-refractivity contribution is 6.31. The second-order valence-corrected chi connectivity index (χ2v) is 11.6. The van der Waals surface area contributed by atoms with Gasteiger partial charge < -0.3 is 25.3 Å². The van der Waals surface area contributed by atoms with Gasteiger partial charge in [-0.1, -0.05) is 31.5 Å². The van der Waals surface area contributed by atoms with Crippen molar-refractivity contribution in [1.29, 1.82) is 0 Å². The Morgan fingerprint density at radius 2 is 1.90 bits per heavy atom. The minimum atomic E-state index is -0.472. The van der Waals surface area contributed by atoms with Gasteiger partial charge in [0, 0.05) is 55.9 Å². The number of hydroxylamine groups is 2. The van der Waals surface area contributed by atoms with E-state index in [2.05, 4.69) is 34.5 Å². The zero-order valence-corrected chi connectivity index (χ0v) is 24.9. The molecule has 2 N–H and O–H groups in total. The lowest BCUT2D eigenvalue weighted by atomic mass is 10.0. The Bertz CT molecular complexity index is 1420. The Kier molecular flexibility index (Phi) is 8.82. The Balaban J connectivity index is 1.20. The normalized spacial score (nSPS) is 15.6. The molecule has 3 aromatic rings. The van der Waals surface area contributed by atoms with E-state index in [9.17, 15) is 9.59 Å². The Morgan fingerprint density at radius 3 is 2.63 bits per heavy atom. The van der Waals surface area contributed by atoms with Crippen LogP contribution < -0.4 is 15.5 Å². The summed E-state index contributed by atoms with van der Waals surface area (Å²) >= 11 is 6.28. The lowest BCUT2D eigenvalue weighted by Gasteiger charge is -2.33. The van der Waals surface area contributed by atoms with Crippen molar-refractivity contribution in [3.63, 3.8) is 0 Å². The van der Waals surface area contributed by atoms with Gasteiger partial charge in [-0.05, 0) is 67.3 Å². The number of hydrogen-bond acceptors (Lipinski definition) is 7. The molecule has 0 saturated carbocycles. The van der Waals surface area contributed by atoms with Crippen molar-refractivity contribution in [2.75, 3.05) is 42.9 Å². The van der Waals surface area contributed by atoms with E-state index in [1.165, 1.54) is 6.42 Å². The number of nitrogens with zero attached hydrogens (tertiary/aromatic N) is 5. The standard InChI is InChI=1S/C30H38ClN7O3/c1-20(2)9-10-36-11-13-37(14-12-36)41-30(40)32-17-23-6-5-22(15-21(23)3)29(39)38-19-24-18-33-35(4)28(24)34-26-16-25(31)7-8-27(26)38/h5-8,15-16,18,20,34H,9-14,17,19H2,1-4H3,(H,32,40). The first-order valence-corrected chi connectivity index (χ1v) is 14.5. The topological polar surface area (TPSA) is 95.0 Å². The van der Waals surface area contributed by atoms with E-state index >= 15 is 0 Å². The van der Waals surface area contributed by atoms with Gasteiger partial charge in [0.25, 0.3) is 5.91 Å². The van der Waals surface area contributed by atoms with Crippen molar-refractivity contribution in [2.24, 2.45) is 13.0 Å². The number of piperazine rings is 1. The number of amides is 2. The first kappa shape index (κ1) is 28.9. The van der Waals surface area contributed by atoms with Gasteiger partial charge >= 0.3 is 6.09 Å². The predicted octanol–water partition coefficient (Wildman–Crippen LogP) is 5.09. The van der Waals surface area contributed by atoms with Crippen LogP contribution in [0.25, 0.3) is 0 Å². The molecule has 2 aromatic carbocycles. The van der Waals surface area contributed by atoms with Gasteiger partial charge in [0.15, 0.2) is 0 Å². The summed E-state index contributed by atoms with van der Waals surface area (Å²) < 4.78 is 1.75. The van der Waals surface area contributed by atoms with E-state index in [1.807, 2.05) is 38.2 Å². The van der Waals surface area contributed by atoms with Crippen LogP contribution in [0.1, 0.15) is 47.3 Å². The summed E-state index contributed by atoms with van der Waals surface area (Å²) in [7, 11) is 1.86. The van der Waals surface area contributed by atoms with Crippen molar-refractivity contribution in [3.05, 3.63) is 69.9 Å². The molecule has 1 saturated heterocycles. The maximum absolute atomic E-state index is 13.8. The fourth-order valence-electron chi connectivity index (χ4n) is 5.15. The van der Waals surface area contributed by atoms with Gasteiger partial charge in [0.05, 0.1) is 24.1 Å². The number of aromatic nitrogens is 2. The molecule has 0 radical (unpaired) electrons. The molecule has 0 spiro atoms. The molecule has 2 amide bonds. The Labute approximate surface area is 246 Å². The van der Waals surface area contributed by atoms with Crippen molar-refractivity contribution in [1.82, 2.24) is 25.1 Å². The van der Waals surface area contributed by atoms with Gasteiger partial charge in [-0.25, -0.2) is 4.79 Å². The zero-order valence-electron chi connectivity index (χ0n) is 24.1. The van der Waals surface area contributed by atoms with Crippen LogP contribution >= 0.6 is 11.6 Å². The molecule has 5 rings (SSSR count). The highest BCUT2D eigenvalue weighted by Crippen LogP contribution is 2.38.